The summed E-state index contributed by atoms with van der Waals surface area (Å²) in [5.41, 5.74) is 0. The third kappa shape index (κ3) is 2.76. The second-order valence-electron chi connectivity index (χ2n) is 5.59. The van der Waals surface area contributed by atoms with Crippen LogP contribution in [0.1, 0.15) is 6.42 Å². The highest BCUT2D eigenvalue weighted by molar-refractivity contribution is 7.92. The summed E-state index contributed by atoms with van der Waals surface area (Å²) in [4.78, 5) is 0.193. The number of rotatable bonds is 3. The van der Waals surface area contributed by atoms with Crippen molar-refractivity contribution in [3.8, 4) is 0 Å². The van der Waals surface area contributed by atoms with Crippen molar-refractivity contribution in [1.82, 2.24) is 4.31 Å². The Morgan fingerprint density at radius 3 is 2.41 bits per heavy atom. The van der Waals surface area contributed by atoms with Crippen molar-refractivity contribution in [2.45, 2.75) is 17.4 Å². The number of nitrogens with zero attached hydrogens (tertiary/aromatic N) is 1. The number of sulfone groups is 1. The van der Waals surface area contributed by atoms with Crippen molar-refractivity contribution >= 4 is 30.6 Å². The molecule has 0 spiro atoms. The zero-order chi connectivity index (χ0) is 16.0. The van der Waals surface area contributed by atoms with Gasteiger partial charge in [-0.3, -0.25) is 0 Å². The molecule has 2 aromatic carbocycles. The number of benzene rings is 2. The fourth-order valence-electron chi connectivity index (χ4n) is 2.75. The molecular weight excluding hydrogens is 322 g/mol. The minimum absolute atomic E-state index is 0.0508. The lowest BCUT2D eigenvalue weighted by Gasteiger charge is -2.23. The summed E-state index contributed by atoms with van der Waals surface area (Å²) >= 11 is 0. The van der Waals surface area contributed by atoms with Crippen LogP contribution in [0.3, 0.4) is 0 Å². The summed E-state index contributed by atoms with van der Waals surface area (Å²) in [7, 11) is -5.36. The molecule has 7 heteroatoms. The summed E-state index contributed by atoms with van der Waals surface area (Å²) in [6, 6.07) is 12.0. The van der Waals surface area contributed by atoms with Gasteiger partial charge in [-0.2, -0.15) is 4.31 Å². The largest absolute Gasteiger partial charge is 0.243 e. The lowest BCUT2D eigenvalue weighted by Crippen LogP contribution is -2.37. The summed E-state index contributed by atoms with van der Waals surface area (Å²) in [5.74, 6) is -0.0500. The van der Waals surface area contributed by atoms with E-state index in [1.54, 1.807) is 18.2 Å². The average Bonchev–Trinajstić information content (AvgIpc) is 2.86. The van der Waals surface area contributed by atoms with E-state index in [4.69, 9.17) is 0 Å². The third-order valence-electron chi connectivity index (χ3n) is 4.12. The minimum atomic E-state index is -3.70. The molecule has 3 rings (SSSR count). The predicted octanol–water partition coefficient (Wildman–Crippen LogP) is 1.65. The molecule has 0 aliphatic carbocycles. The van der Waals surface area contributed by atoms with Crippen molar-refractivity contribution in [3.63, 3.8) is 0 Å². The molecule has 118 valence electrons. The van der Waals surface area contributed by atoms with Crippen LogP contribution in [0.15, 0.2) is 47.4 Å². The zero-order valence-electron chi connectivity index (χ0n) is 12.1. The molecule has 0 saturated carbocycles. The van der Waals surface area contributed by atoms with Gasteiger partial charge in [0.1, 0.15) is 0 Å². The number of sulfonamides is 1. The highest BCUT2D eigenvalue weighted by Crippen LogP contribution is 2.25. The van der Waals surface area contributed by atoms with Gasteiger partial charge < -0.3 is 0 Å². The third-order valence-corrected chi connectivity index (χ3v) is 7.78. The van der Waals surface area contributed by atoms with E-state index in [2.05, 4.69) is 0 Å². The quantitative estimate of drug-likeness (QED) is 0.852. The smallest absolute Gasteiger partial charge is 0.229 e. The molecule has 0 radical (unpaired) electrons. The predicted molar refractivity (Wildman–Crippen MR) is 86.0 cm³/mol. The van der Waals surface area contributed by atoms with Gasteiger partial charge in [0.05, 0.1) is 16.4 Å². The molecule has 1 aliphatic rings. The molecule has 1 fully saturated rings. The van der Waals surface area contributed by atoms with E-state index in [0.717, 1.165) is 10.8 Å². The highest BCUT2D eigenvalue weighted by atomic mass is 32.2. The van der Waals surface area contributed by atoms with Crippen molar-refractivity contribution in [2.24, 2.45) is 0 Å². The van der Waals surface area contributed by atoms with Crippen molar-refractivity contribution < 1.29 is 16.8 Å². The Hall–Kier alpha value is -1.44. The lowest BCUT2D eigenvalue weighted by atomic mass is 10.1. The highest BCUT2D eigenvalue weighted by Gasteiger charge is 2.36. The first-order chi connectivity index (χ1) is 10.3. The number of hydrogen-bond donors (Lipinski definition) is 0. The van der Waals surface area contributed by atoms with Crippen LogP contribution in [-0.4, -0.2) is 45.7 Å². The van der Waals surface area contributed by atoms with Gasteiger partial charge in [0.2, 0.25) is 10.0 Å². The molecule has 2 aromatic rings. The van der Waals surface area contributed by atoms with Crippen LogP contribution in [0.4, 0.5) is 0 Å². The van der Waals surface area contributed by atoms with Gasteiger partial charge in [-0.15, -0.1) is 0 Å². The van der Waals surface area contributed by atoms with Gasteiger partial charge >= 0.3 is 0 Å². The second kappa shape index (κ2) is 5.33. The van der Waals surface area contributed by atoms with Gasteiger partial charge in [-0.25, -0.2) is 16.8 Å². The number of fused-ring (bicyclic) bond motifs is 1. The topological polar surface area (TPSA) is 71.5 Å². The Labute approximate surface area is 130 Å². The van der Waals surface area contributed by atoms with E-state index in [0.29, 0.717) is 6.42 Å². The summed E-state index contributed by atoms with van der Waals surface area (Å²) in [6.07, 6.45) is 0.353. The average molecular weight is 339 g/mol. The normalized spacial score (nSPS) is 21.5. The van der Waals surface area contributed by atoms with E-state index in [9.17, 15) is 16.8 Å². The van der Waals surface area contributed by atoms with E-state index >= 15 is 0 Å². The maximum absolute atomic E-state index is 12.7. The van der Waals surface area contributed by atoms with Gasteiger partial charge in [0.15, 0.2) is 9.84 Å². The van der Waals surface area contributed by atoms with Crippen LogP contribution < -0.4 is 0 Å². The van der Waals surface area contributed by atoms with E-state index in [-0.39, 0.29) is 16.4 Å². The van der Waals surface area contributed by atoms with Gasteiger partial charge in [-0.1, -0.05) is 30.3 Å². The standard InChI is InChI=1S/C15H17NO4S2/c1-16(14-8-9-21(17,18)11-14)22(19,20)15-7-6-12-4-2-3-5-13(12)10-15/h2-7,10,14H,8-9,11H2,1H3/t14-/m0/s1. The van der Waals surface area contributed by atoms with E-state index < -0.39 is 25.9 Å². The van der Waals surface area contributed by atoms with Crippen LogP contribution in [-0.2, 0) is 19.9 Å². The van der Waals surface area contributed by atoms with E-state index in [1.165, 1.54) is 11.4 Å². The monoisotopic (exact) mass is 339 g/mol. The van der Waals surface area contributed by atoms with Gasteiger partial charge in [0.25, 0.3) is 0 Å². The molecule has 22 heavy (non-hydrogen) atoms. The Kier molecular flexibility index (Phi) is 3.74. The first-order valence-electron chi connectivity index (χ1n) is 6.97. The fraction of sp³-hybridized carbons (Fsp3) is 0.333. The molecule has 0 bridgehead atoms. The van der Waals surface area contributed by atoms with Crippen LogP contribution >= 0.6 is 0 Å². The molecule has 1 saturated heterocycles. The molecule has 0 aromatic heterocycles. The molecule has 0 amide bonds. The van der Waals surface area contributed by atoms with Crippen LogP contribution in [0, 0.1) is 0 Å². The summed E-state index contributed by atoms with van der Waals surface area (Å²) in [6.45, 7) is 0. The van der Waals surface area contributed by atoms with Crippen molar-refractivity contribution in [3.05, 3.63) is 42.5 Å². The fourth-order valence-corrected chi connectivity index (χ4v) is 6.04. The van der Waals surface area contributed by atoms with Crippen molar-refractivity contribution in [1.29, 1.82) is 0 Å². The molecule has 5 nitrogen and oxygen atoms in total. The molecule has 1 aliphatic heterocycles. The van der Waals surface area contributed by atoms with Crippen molar-refractivity contribution in [2.75, 3.05) is 18.6 Å². The lowest BCUT2D eigenvalue weighted by molar-refractivity contribution is 0.394. The van der Waals surface area contributed by atoms with Gasteiger partial charge in [0, 0.05) is 13.1 Å². The number of hydrogen-bond acceptors (Lipinski definition) is 4. The van der Waals surface area contributed by atoms with Crippen LogP contribution in [0.25, 0.3) is 10.8 Å². The van der Waals surface area contributed by atoms with Gasteiger partial charge in [-0.05, 0) is 29.3 Å². The zero-order valence-corrected chi connectivity index (χ0v) is 13.8. The Morgan fingerprint density at radius 2 is 1.77 bits per heavy atom. The van der Waals surface area contributed by atoms with Crippen LogP contribution in [0.5, 0.6) is 0 Å². The van der Waals surface area contributed by atoms with E-state index in [1.807, 2.05) is 24.3 Å². The molecular formula is C15H17NO4S2. The maximum atomic E-state index is 12.7. The van der Waals surface area contributed by atoms with Crippen LogP contribution in [0.2, 0.25) is 0 Å². The molecule has 0 unspecified atom stereocenters. The summed E-state index contributed by atoms with van der Waals surface area (Å²) < 4.78 is 49.7. The summed E-state index contributed by atoms with van der Waals surface area (Å²) in [5, 5.41) is 1.81. The SMILES string of the molecule is CN([C@H]1CCS(=O)(=O)C1)S(=O)(=O)c1ccc2ccccc2c1. The minimum Gasteiger partial charge on any atom is -0.229 e. The first kappa shape index (κ1) is 15.5. The molecule has 1 heterocycles. The molecule has 1 atom stereocenters. The Balaban J connectivity index is 1.97. The Morgan fingerprint density at radius 1 is 1.09 bits per heavy atom. The molecule has 0 N–H and O–H groups in total. The maximum Gasteiger partial charge on any atom is 0.243 e. The Bertz CT molecular complexity index is 919. The first-order valence-corrected chi connectivity index (χ1v) is 10.2. The second-order valence-corrected chi connectivity index (χ2v) is 9.81.